The van der Waals surface area contributed by atoms with Crippen LogP contribution in [0.15, 0.2) is 24.3 Å². The summed E-state index contributed by atoms with van der Waals surface area (Å²) in [5.74, 6) is 0.0840. The summed E-state index contributed by atoms with van der Waals surface area (Å²) in [6.07, 6.45) is 7.97. The average Bonchev–Trinajstić information content (AvgIpc) is 3.10. The van der Waals surface area contributed by atoms with Gasteiger partial charge in [-0.15, -0.1) is 0 Å². The summed E-state index contributed by atoms with van der Waals surface area (Å²) >= 11 is 0. The lowest BCUT2D eigenvalue weighted by molar-refractivity contribution is 0.0793. The fourth-order valence-electron chi connectivity index (χ4n) is 3.40. The van der Waals surface area contributed by atoms with Gasteiger partial charge in [0.15, 0.2) is 0 Å². The molecule has 3 rings (SSSR count). The Hall–Kier alpha value is -2.04. The average molecular weight is 315 g/mol. The van der Waals surface area contributed by atoms with Crippen LogP contribution in [0.25, 0.3) is 0 Å². The molecule has 5 nitrogen and oxygen atoms in total. The highest BCUT2D eigenvalue weighted by molar-refractivity contribution is 5.95. The number of rotatable bonds is 3. The number of nitrogens with one attached hydrogen (secondary N) is 2. The highest BCUT2D eigenvalue weighted by Gasteiger charge is 2.19. The lowest BCUT2D eigenvalue weighted by atomic mass is 9.96. The second-order valence-electron chi connectivity index (χ2n) is 6.51. The van der Waals surface area contributed by atoms with Gasteiger partial charge in [0.2, 0.25) is 0 Å². The molecule has 1 aliphatic carbocycles. The smallest absolute Gasteiger partial charge is 0.319 e. The number of carbonyl (C=O) groups excluding carboxylic acids is 2. The van der Waals surface area contributed by atoms with E-state index in [1.165, 1.54) is 19.3 Å². The molecular weight excluding hydrogens is 290 g/mol. The van der Waals surface area contributed by atoms with Gasteiger partial charge in [0.05, 0.1) is 0 Å². The molecule has 0 atom stereocenters. The molecule has 3 amide bonds. The first-order chi connectivity index (χ1) is 11.2. The molecule has 0 bridgehead atoms. The minimum absolute atomic E-state index is 0.0840. The summed E-state index contributed by atoms with van der Waals surface area (Å²) in [5.41, 5.74) is 1.40. The fourth-order valence-corrected chi connectivity index (χ4v) is 3.40. The molecule has 0 unspecified atom stereocenters. The van der Waals surface area contributed by atoms with Gasteiger partial charge in [-0.25, -0.2) is 4.79 Å². The van der Waals surface area contributed by atoms with E-state index in [4.69, 9.17) is 0 Å². The van der Waals surface area contributed by atoms with Crippen LogP contribution in [0.3, 0.4) is 0 Å². The molecule has 5 heteroatoms. The number of likely N-dealkylation sites (tertiary alicyclic amines) is 1. The number of urea groups is 1. The lowest BCUT2D eigenvalue weighted by Gasteiger charge is -2.22. The number of hydrogen-bond donors (Lipinski definition) is 2. The second kappa shape index (κ2) is 7.49. The Bertz CT molecular complexity index is 544. The highest BCUT2D eigenvalue weighted by atomic mass is 16.2. The number of hydrogen-bond acceptors (Lipinski definition) is 2. The Balaban J connectivity index is 1.52. The Kier molecular flexibility index (Phi) is 5.16. The van der Waals surface area contributed by atoms with Gasteiger partial charge in [0, 0.05) is 30.4 Å². The quantitative estimate of drug-likeness (QED) is 0.898. The third-order valence-electron chi connectivity index (χ3n) is 4.72. The molecule has 2 fully saturated rings. The molecule has 0 spiro atoms. The largest absolute Gasteiger partial charge is 0.339 e. The summed E-state index contributed by atoms with van der Waals surface area (Å²) < 4.78 is 0. The van der Waals surface area contributed by atoms with E-state index in [2.05, 4.69) is 10.6 Å². The number of amides is 3. The minimum Gasteiger partial charge on any atom is -0.339 e. The third kappa shape index (κ3) is 4.24. The van der Waals surface area contributed by atoms with Crippen LogP contribution in [0.1, 0.15) is 55.3 Å². The van der Waals surface area contributed by atoms with E-state index in [9.17, 15) is 9.59 Å². The summed E-state index contributed by atoms with van der Waals surface area (Å²) in [6.45, 7) is 1.70. The van der Waals surface area contributed by atoms with Crippen LogP contribution in [-0.2, 0) is 0 Å². The Morgan fingerprint density at radius 3 is 2.22 bits per heavy atom. The molecule has 124 valence electrons. The van der Waals surface area contributed by atoms with Crippen molar-refractivity contribution in [2.45, 2.75) is 51.0 Å². The Morgan fingerprint density at radius 1 is 0.913 bits per heavy atom. The van der Waals surface area contributed by atoms with Crippen molar-refractivity contribution in [3.8, 4) is 0 Å². The number of carbonyl (C=O) groups is 2. The van der Waals surface area contributed by atoms with Crippen molar-refractivity contribution in [1.82, 2.24) is 10.2 Å². The topological polar surface area (TPSA) is 61.4 Å². The predicted molar refractivity (Wildman–Crippen MR) is 90.6 cm³/mol. The van der Waals surface area contributed by atoms with Crippen LogP contribution in [0, 0.1) is 0 Å². The molecule has 1 aliphatic heterocycles. The predicted octanol–water partition coefficient (Wildman–Crippen LogP) is 3.38. The van der Waals surface area contributed by atoms with E-state index < -0.39 is 0 Å². The summed E-state index contributed by atoms with van der Waals surface area (Å²) in [7, 11) is 0. The van der Waals surface area contributed by atoms with Crippen LogP contribution in [0.2, 0.25) is 0 Å². The molecule has 2 aliphatic rings. The first-order valence-electron chi connectivity index (χ1n) is 8.69. The van der Waals surface area contributed by atoms with Gasteiger partial charge < -0.3 is 15.5 Å². The molecular formula is C18H25N3O2. The first-order valence-corrected chi connectivity index (χ1v) is 8.69. The fraction of sp³-hybridized carbons (Fsp3) is 0.556. The molecule has 1 saturated carbocycles. The van der Waals surface area contributed by atoms with Gasteiger partial charge in [-0.1, -0.05) is 19.3 Å². The lowest BCUT2D eigenvalue weighted by Crippen LogP contribution is -2.39. The number of benzene rings is 1. The molecule has 23 heavy (non-hydrogen) atoms. The summed E-state index contributed by atoms with van der Waals surface area (Å²) in [4.78, 5) is 26.2. The summed E-state index contributed by atoms with van der Waals surface area (Å²) in [5, 5.41) is 5.87. The second-order valence-corrected chi connectivity index (χ2v) is 6.51. The standard InChI is InChI=1S/C18H25N3O2/c22-17(21-12-4-5-13-21)14-8-10-16(11-9-14)20-18(23)19-15-6-2-1-3-7-15/h8-11,15H,1-7,12-13H2,(H2,19,20,23). The van der Waals surface area contributed by atoms with Gasteiger partial charge in [-0.2, -0.15) is 0 Å². The molecule has 1 heterocycles. The van der Waals surface area contributed by atoms with Crippen LogP contribution in [-0.4, -0.2) is 36.0 Å². The normalized spacial score (nSPS) is 18.7. The van der Waals surface area contributed by atoms with Gasteiger partial charge in [0.1, 0.15) is 0 Å². The van der Waals surface area contributed by atoms with Crippen LogP contribution in [0.4, 0.5) is 10.5 Å². The van der Waals surface area contributed by atoms with Crippen molar-refractivity contribution in [3.05, 3.63) is 29.8 Å². The molecule has 0 aromatic heterocycles. The highest BCUT2D eigenvalue weighted by Crippen LogP contribution is 2.18. The maximum absolute atomic E-state index is 12.3. The number of nitrogens with zero attached hydrogens (tertiary/aromatic N) is 1. The number of anilines is 1. The maximum Gasteiger partial charge on any atom is 0.319 e. The van der Waals surface area contributed by atoms with Gasteiger partial charge in [-0.05, 0) is 49.9 Å². The van der Waals surface area contributed by atoms with E-state index in [-0.39, 0.29) is 11.9 Å². The van der Waals surface area contributed by atoms with Crippen LogP contribution in [0.5, 0.6) is 0 Å². The van der Waals surface area contributed by atoms with Crippen molar-refractivity contribution >= 4 is 17.6 Å². The van der Waals surface area contributed by atoms with Crippen molar-refractivity contribution in [2.75, 3.05) is 18.4 Å². The molecule has 1 aromatic carbocycles. The molecule has 2 N–H and O–H groups in total. The molecule has 1 saturated heterocycles. The van der Waals surface area contributed by atoms with E-state index >= 15 is 0 Å². The minimum atomic E-state index is -0.157. The van der Waals surface area contributed by atoms with E-state index in [0.29, 0.717) is 11.6 Å². The van der Waals surface area contributed by atoms with Crippen molar-refractivity contribution in [3.63, 3.8) is 0 Å². The van der Waals surface area contributed by atoms with E-state index in [1.54, 1.807) is 24.3 Å². The van der Waals surface area contributed by atoms with Crippen LogP contribution >= 0.6 is 0 Å². The van der Waals surface area contributed by atoms with Gasteiger partial charge >= 0.3 is 6.03 Å². The zero-order chi connectivity index (χ0) is 16.1. The SMILES string of the molecule is O=C(Nc1ccc(C(=O)N2CCCC2)cc1)NC1CCCCC1. The Labute approximate surface area is 137 Å². The summed E-state index contributed by atoms with van der Waals surface area (Å²) in [6, 6.07) is 7.30. The van der Waals surface area contributed by atoms with Gasteiger partial charge in [0.25, 0.3) is 5.91 Å². The zero-order valence-electron chi connectivity index (χ0n) is 13.5. The van der Waals surface area contributed by atoms with E-state index in [0.717, 1.165) is 44.5 Å². The monoisotopic (exact) mass is 315 g/mol. The third-order valence-corrected chi connectivity index (χ3v) is 4.72. The zero-order valence-corrected chi connectivity index (χ0v) is 13.5. The van der Waals surface area contributed by atoms with Crippen LogP contribution < -0.4 is 10.6 Å². The first kappa shape index (κ1) is 15.8. The molecule has 1 aromatic rings. The maximum atomic E-state index is 12.3. The van der Waals surface area contributed by atoms with Crippen molar-refractivity contribution in [2.24, 2.45) is 0 Å². The van der Waals surface area contributed by atoms with Gasteiger partial charge in [-0.3, -0.25) is 4.79 Å². The molecule has 0 radical (unpaired) electrons. The van der Waals surface area contributed by atoms with Crippen molar-refractivity contribution in [1.29, 1.82) is 0 Å². The Morgan fingerprint density at radius 2 is 1.57 bits per heavy atom. The van der Waals surface area contributed by atoms with Crippen molar-refractivity contribution < 1.29 is 9.59 Å². The van der Waals surface area contributed by atoms with E-state index in [1.807, 2.05) is 4.90 Å².